The topological polar surface area (TPSA) is 72.9 Å². The van der Waals surface area contributed by atoms with Gasteiger partial charge in [-0.1, -0.05) is 0 Å². The molecule has 1 rings (SSSR count). The molecule has 1 aliphatic heterocycles. The number of amides is 1. The Bertz CT molecular complexity index is 400. The third kappa shape index (κ3) is 6.74. The molecule has 1 amide bonds. The van der Waals surface area contributed by atoms with Gasteiger partial charge >= 0.3 is 12.1 Å². The first-order chi connectivity index (χ1) is 10.2. The molecule has 0 aromatic rings. The number of carbonyl (C=O) groups is 3. The van der Waals surface area contributed by atoms with Gasteiger partial charge in [0.15, 0.2) is 0 Å². The van der Waals surface area contributed by atoms with Crippen LogP contribution < -0.4 is 0 Å². The van der Waals surface area contributed by atoms with Crippen LogP contribution in [0.3, 0.4) is 0 Å². The smallest absolute Gasteiger partial charge is 0.410 e. The molecule has 0 aromatic heterocycles. The average Bonchev–Trinajstić information content (AvgIpc) is 2.61. The molecule has 1 fully saturated rings. The van der Waals surface area contributed by atoms with Crippen molar-refractivity contribution >= 4 is 17.8 Å². The maximum absolute atomic E-state index is 12.0. The molecule has 0 N–H and O–H groups in total. The van der Waals surface area contributed by atoms with Crippen LogP contribution in [-0.4, -0.2) is 48.0 Å². The molecule has 22 heavy (non-hydrogen) atoms. The molecule has 1 saturated heterocycles. The summed E-state index contributed by atoms with van der Waals surface area (Å²) in [4.78, 5) is 37.0. The van der Waals surface area contributed by atoms with Crippen LogP contribution in [0, 0.1) is 5.92 Å². The number of likely N-dealkylation sites (tertiary alicyclic amines) is 1. The maximum Gasteiger partial charge on any atom is 0.410 e. The fourth-order valence-corrected chi connectivity index (χ4v) is 1.98. The van der Waals surface area contributed by atoms with Crippen molar-refractivity contribution in [2.45, 2.75) is 46.1 Å². The highest BCUT2D eigenvalue weighted by molar-refractivity contribution is 5.99. The zero-order valence-electron chi connectivity index (χ0n) is 14.0. The number of nitrogens with zero attached hydrogens (tertiary/aromatic N) is 1. The van der Waals surface area contributed by atoms with Crippen molar-refractivity contribution in [2.24, 2.45) is 5.92 Å². The van der Waals surface area contributed by atoms with Crippen molar-refractivity contribution in [2.75, 3.05) is 19.7 Å². The fourth-order valence-electron chi connectivity index (χ4n) is 1.98. The Labute approximate surface area is 132 Å². The summed E-state index contributed by atoms with van der Waals surface area (Å²) in [5.41, 5.74) is -0.575. The van der Waals surface area contributed by atoms with E-state index in [0.717, 1.165) is 0 Å². The van der Waals surface area contributed by atoms with Crippen LogP contribution in [0.15, 0.2) is 13.2 Å². The molecule has 1 heterocycles. The van der Waals surface area contributed by atoms with Crippen molar-refractivity contribution in [3.05, 3.63) is 13.2 Å². The summed E-state index contributed by atoms with van der Waals surface area (Å²) in [7, 11) is 0. The lowest BCUT2D eigenvalue weighted by atomic mass is 10.00. The molecule has 0 bridgehead atoms. The Morgan fingerprint density at radius 2 is 1.86 bits per heavy atom. The Hall–Kier alpha value is -1.85. The van der Waals surface area contributed by atoms with E-state index in [1.807, 2.05) is 0 Å². The monoisotopic (exact) mass is 313 g/mol. The van der Waals surface area contributed by atoms with Crippen molar-refractivity contribution in [1.82, 2.24) is 4.90 Å². The van der Waals surface area contributed by atoms with Crippen LogP contribution in [0.4, 0.5) is 4.79 Å². The third-order valence-corrected chi connectivity index (χ3v) is 2.93. The highest BCUT2D eigenvalue weighted by Gasteiger charge is 2.33. The molecule has 1 aliphatic rings. The predicted octanol–water partition coefficient (Wildman–Crippen LogP) is 2.57. The van der Waals surface area contributed by atoms with E-state index in [0.29, 0.717) is 6.54 Å². The van der Waals surface area contributed by atoms with Crippen LogP contribution in [0.1, 0.15) is 40.5 Å². The highest BCUT2D eigenvalue weighted by atomic mass is 16.6. The molecule has 0 aliphatic carbocycles. The van der Waals surface area contributed by atoms with Crippen LogP contribution >= 0.6 is 0 Å². The van der Waals surface area contributed by atoms with E-state index < -0.39 is 23.6 Å². The summed E-state index contributed by atoms with van der Waals surface area (Å²) >= 11 is 0. The Balaban J connectivity index is 0.00000211. The number of carbonyl (C=O) groups excluding carboxylic acids is 3. The van der Waals surface area contributed by atoms with Crippen LogP contribution in [-0.2, 0) is 19.1 Å². The summed E-state index contributed by atoms with van der Waals surface area (Å²) in [6.45, 7) is 13.9. The van der Waals surface area contributed by atoms with Gasteiger partial charge in [0, 0.05) is 19.5 Å². The van der Waals surface area contributed by atoms with Gasteiger partial charge in [-0.05, 0) is 34.1 Å². The van der Waals surface area contributed by atoms with Gasteiger partial charge in [0.1, 0.15) is 17.3 Å². The van der Waals surface area contributed by atoms with Crippen molar-refractivity contribution in [3.8, 4) is 0 Å². The Morgan fingerprint density at radius 1 is 1.27 bits per heavy atom. The van der Waals surface area contributed by atoms with Gasteiger partial charge in [0.05, 0.1) is 6.61 Å². The number of esters is 1. The summed E-state index contributed by atoms with van der Waals surface area (Å²) in [5.74, 6) is -1.43. The van der Waals surface area contributed by atoms with E-state index in [4.69, 9.17) is 9.47 Å². The van der Waals surface area contributed by atoms with Crippen molar-refractivity contribution in [3.63, 3.8) is 0 Å². The number of ether oxygens (including phenoxy) is 2. The minimum absolute atomic E-state index is 0.155. The summed E-state index contributed by atoms with van der Waals surface area (Å²) in [6.07, 6.45) is -0.00517. The van der Waals surface area contributed by atoms with E-state index in [-0.39, 0.29) is 31.8 Å². The normalized spacial score (nSPS) is 18.6. The first-order valence-corrected chi connectivity index (χ1v) is 7.42. The molecule has 0 spiro atoms. The number of ketones is 1. The number of Topliss-reactive ketones (excluding diaryl/α,β-unsaturated/α-hetero) is 1. The van der Waals surface area contributed by atoms with E-state index >= 15 is 0 Å². The first-order valence-electron chi connectivity index (χ1n) is 7.42. The molecule has 1 unspecified atom stereocenters. The van der Waals surface area contributed by atoms with Crippen LogP contribution in [0.25, 0.3) is 0 Å². The fraction of sp³-hybridized carbons (Fsp3) is 0.688. The minimum Gasteiger partial charge on any atom is -0.465 e. The number of rotatable bonds is 2. The second-order valence-corrected chi connectivity index (χ2v) is 5.78. The molecule has 6 nitrogen and oxygen atoms in total. The summed E-state index contributed by atoms with van der Waals surface area (Å²) in [5, 5.41) is 0. The third-order valence-electron chi connectivity index (χ3n) is 2.93. The number of hydrogen-bond acceptors (Lipinski definition) is 5. The second-order valence-electron chi connectivity index (χ2n) is 5.78. The van der Waals surface area contributed by atoms with E-state index in [1.165, 1.54) is 4.90 Å². The standard InChI is InChI=1S/C14H23NO5.C2H4/c1-5-19-12(17)10-6-8-15(9-7-11(10)16)13(18)20-14(2,3)4;1-2/h10H,5-9H2,1-4H3;1-2H2. The molecule has 0 aromatic carbocycles. The maximum atomic E-state index is 12.0. The van der Waals surface area contributed by atoms with E-state index in [2.05, 4.69) is 13.2 Å². The molecule has 6 heteroatoms. The second kappa shape index (κ2) is 9.23. The lowest BCUT2D eigenvalue weighted by Gasteiger charge is -2.26. The van der Waals surface area contributed by atoms with Crippen molar-refractivity contribution in [1.29, 1.82) is 0 Å². The van der Waals surface area contributed by atoms with Gasteiger partial charge in [0.25, 0.3) is 0 Å². The quantitative estimate of drug-likeness (QED) is 0.445. The molecular weight excluding hydrogens is 286 g/mol. The minimum atomic E-state index is -0.762. The van der Waals surface area contributed by atoms with Gasteiger partial charge in [-0.3, -0.25) is 9.59 Å². The Morgan fingerprint density at radius 3 is 2.36 bits per heavy atom. The molecule has 0 saturated carbocycles. The van der Waals surface area contributed by atoms with E-state index in [1.54, 1.807) is 27.7 Å². The van der Waals surface area contributed by atoms with Crippen LogP contribution in [0.5, 0.6) is 0 Å². The van der Waals surface area contributed by atoms with Gasteiger partial charge in [0.2, 0.25) is 0 Å². The summed E-state index contributed by atoms with van der Waals surface area (Å²) < 4.78 is 10.2. The SMILES string of the molecule is C=C.CCOC(=O)C1CCN(C(=O)OC(C)(C)C)CCC1=O. The van der Waals surface area contributed by atoms with Gasteiger partial charge < -0.3 is 14.4 Å². The largest absolute Gasteiger partial charge is 0.465 e. The van der Waals surface area contributed by atoms with Gasteiger partial charge in [-0.15, -0.1) is 13.2 Å². The van der Waals surface area contributed by atoms with Gasteiger partial charge in [-0.25, -0.2) is 4.79 Å². The molecule has 126 valence electrons. The molecular formula is C16H27NO5. The zero-order chi connectivity index (χ0) is 17.3. The lowest BCUT2D eigenvalue weighted by molar-refractivity contribution is -0.151. The highest BCUT2D eigenvalue weighted by Crippen LogP contribution is 2.18. The van der Waals surface area contributed by atoms with Crippen molar-refractivity contribution < 1.29 is 23.9 Å². The molecule has 1 atom stereocenters. The first kappa shape index (κ1) is 20.1. The zero-order valence-corrected chi connectivity index (χ0v) is 14.0. The molecule has 0 radical (unpaired) electrons. The average molecular weight is 313 g/mol. The van der Waals surface area contributed by atoms with Gasteiger partial charge in [-0.2, -0.15) is 0 Å². The van der Waals surface area contributed by atoms with Crippen LogP contribution in [0.2, 0.25) is 0 Å². The van der Waals surface area contributed by atoms with E-state index in [9.17, 15) is 14.4 Å². The summed E-state index contributed by atoms with van der Waals surface area (Å²) in [6, 6.07) is 0. The predicted molar refractivity (Wildman–Crippen MR) is 83.4 cm³/mol. The Kier molecular flexibility index (Phi) is 8.45. The lowest BCUT2D eigenvalue weighted by Crippen LogP contribution is -2.37. The number of hydrogen-bond donors (Lipinski definition) is 0.